The van der Waals surface area contributed by atoms with Crippen molar-refractivity contribution >= 4 is 33.3 Å². The maximum atomic E-state index is 13.2. The quantitative estimate of drug-likeness (QED) is 0.335. The Morgan fingerprint density at radius 3 is 2.53 bits per heavy atom. The predicted octanol–water partition coefficient (Wildman–Crippen LogP) is 6.69. The van der Waals surface area contributed by atoms with Crippen LogP contribution in [-0.4, -0.2) is 31.7 Å². The van der Waals surface area contributed by atoms with Gasteiger partial charge in [0.2, 0.25) is 0 Å². The van der Waals surface area contributed by atoms with Crippen molar-refractivity contribution in [1.82, 2.24) is 0 Å². The highest BCUT2D eigenvalue weighted by Crippen LogP contribution is 2.42. The van der Waals surface area contributed by atoms with E-state index in [0.29, 0.717) is 28.9 Å². The maximum absolute atomic E-state index is 13.2. The molecule has 3 aromatic rings. The Kier molecular flexibility index (Phi) is 7.79. The number of carboxylic acid groups (broad SMARTS) is 1. The number of halogens is 1. The average molecular weight is 558 g/mol. The molecule has 0 amide bonds. The molecular weight excluding hydrogens is 526 g/mol. The highest BCUT2D eigenvalue weighted by Gasteiger charge is 2.33. The van der Waals surface area contributed by atoms with Crippen molar-refractivity contribution in [2.24, 2.45) is 0 Å². The van der Waals surface area contributed by atoms with Crippen molar-refractivity contribution in [1.29, 1.82) is 0 Å². The number of hydrogen-bond donors (Lipinski definition) is 2. The molecule has 9 heteroatoms. The Labute approximate surface area is 228 Å². The number of fused-ring (bicyclic) bond motifs is 1. The number of ether oxygens (including phenoxy) is 2. The zero-order chi connectivity index (χ0) is 27.8. The lowest BCUT2D eigenvalue weighted by molar-refractivity contribution is -0.160. The maximum Gasteiger partial charge on any atom is 0.337 e. The fourth-order valence-corrected chi connectivity index (χ4v) is 6.11. The molecule has 1 heterocycles. The highest BCUT2D eigenvalue weighted by molar-refractivity contribution is 7.92. The molecule has 0 spiro atoms. The molecule has 3 aromatic carbocycles. The fraction of sp³-hybridized carbons (Fsp3) is 0.345. The van der Waals surface area contributed by atoms with Gasteiger partial charge in [-0.3, -0.25) is 4.72 Å². The molecule has 7 nitrogen and oxygen atoms in total. The van der Waals surface area contributed by atoms with Crippen LogP contribution in [0.25, 0.3) is 11.1 Å². The number of carbonyl (C=O) groups is 1. The monoisotopic (exact) mass is 557 g/mol. The summed E-state index contributed by atoms with van der Waals surface area (Å²) in [4.78, 5) is 12.6. The van der Waals surface area contributed by atoms with Crippen LogP contribution in [0.4, 0.5) is 5.69 Å². The lowest BCUT2D eigenvalue weighted by Crippen LogP contribution is -2.28. The molecule has 0 fully saturated rings. The predicted molar refractivity (Wildman–Crippen MR) is 149 cm³/mol. The lowest BCUT2D eigenvalue weighted by Gasteiger charge is -2.30. The van der Waals surface area contributed by atoms with Gasteiger partial charge in [0, 0.05) is 10.6 Å². The number of anilines is 1. The molecule has 0 radical (unpaired) electrons. The van der Waals surface area contributed by atoms with Gasteiger partial charge in [-0.1, -0.05) is 23.7 Å². The van der Waals surface area contributed by atoms with Crippen LogP contribution in [0.2, 0.25) is 5.02 Å². The van der Waals surface area contributed by atoms with Crippen molar-refractivity contribution in [3.8, 4) is 16.9 Å². The molecule has 202 valence electrons. The van der Waals surface area contributed by atoms with E-state index < -0.39 is 27.7 Å². The Bertz CT molecular complexity index is 1490. The van der Waals surface area contributed by atoms with E-state index in [0.717, 1.165) is 29.7 Å². The highest BCUT2D eigenvalue weighted by atomic mass is 35.5. The molecule has 1 aliphatic heterocycles. The largest absolute Gasteiger partial charge is 0.493 e. The minimum absolute atomic E-state index is 0.00286. The van der Waals surface area contributed by atoms with Gasteiger partial charge in [-0.05, 0) is 112 Å². The van der Waals surface area contributed by atoms with Crippen molar-refractivity contribution in [3.63, 3.8) is 0 Å². The van der Waals surface area contributed by atoms with Crippen LogP contribution >= 0.6 is 11.6 Å². The summed E-state index contributed by atoms with van der Waals surface area (Å²) in [6.07, 6.45) is 0.414. The van der Waals surface area contributed by atoms with Gasteiger partial charge < -0.3 is 14.6 Å². The lowest BCUT2D eigenvalue weighted by atomic mass is 9.86. The number of nitrogens with one attached hydrogen (secondary N) is 1. The molecule has 1 atom stereocenters. The normalized spacial score (nSPS) is 14.4. The number of aliphatic carboxylic acids is 1. The second-order valence-corrected chi connectivity index (χ2v) is 12.6. The first-order valence-electron chi connectivity index (χ1n) is 12.4. The molecule has 1 unspecified atom stereocenters. The van der Waals surface area contributed by atoms with Gasteiger partial charge in [-0.2, -0.15) is 0 Å². The fourth-order valence-electron chi connectivity index (χ4n) is 4.70. The molecule has 0 saturated carbocycles. The van der Waals surface area contributed by atoms with Gasteiger partial charge in [-0.15, -0.1) is 0 Å². The van der Waals surface area contributed by atoms with Gasteiger partial charge in [0.1, 0.15) is 5.75 Å². The summed E-state index contributed by atoms with van der Waals surface area (Å²) in [5, 5.41) is 10.6. The Hall–Kier alpha value is -3.07. The molecule has 1 aliphatic rings. The molecule has 0 aromatic heterocycles. The van der Waals surface area contributed by atoms with Crippen LogP contribution in [0.1, 0.15) is 55.5 Å². The molecule has 0 bridgehead atoms. The minimum Gasteiger partial charge on any atom is -0.493 e. The molecule has 38 heavy (non-hydrogen) atoms. The van der Waals surface area contributed by atoms with E-state index in [1.54, 1.807) is 45.9 Å². The third kappa shape index (κ3) is 5.98. The summed E-state index contributed by atoms with van der Waals surface area (Å²) in [6, 6.07) is 13.5. The SMILES string of the molecule is Cc1cc(NS(=O)(=O)c2cccc(Cl)c2)c(C)c(C(OC(C)(C)C)C(=O)O)c1-c1ccc2c(c1)CCCO2. The Morgan fingerprint density at radius 2 is 1.87 bits per heavy atom. The molecule has 0 saturated heterocycles. The first kappa shape index (κ1) is 28.0. The van der Waals surface area contributed by atoms with E-state index in [9.17, 15) is 18.3 Å². The van der Waals surface area contributed by atoms with Crippen LogP contribution in [0.5, 0.6) is 5.75 Å². The summed E-state index contributed by atoms with van der Waals surface area (Å²) >= 11 is 6.03. The van der Waals surface area contributed by atoms with Gasteiger partial charge >= 0.3 is 5.97 Å². The molecule has 2 N–H and O–H groups in total. The van der Waals surface area contributed by atoms with Crippen molar-refractivity contribution < 1.29 is 27.8 Å². The van der Waals surface area contributed by atoms with E-state index in [4.69, 9.17) is 21.1 Å². The topological polar surface area (TPSA) is 102 Å². The number of benzene rings is 3. The van der Waals surface area contributed by atoms with Gasteiger partial charge in [0.05, 0.1) is 22.8 Å². The van der Waals surface area contributed by atoms with Crippen LogP contribution < -0.4 is 9.46 Å². The second-order valence-electron chi connectivity index (χ2n) is 10.4. The van der Waals surface area contributed by atoms with E-state index >= 15 is 0 Å². The molecule has 4 rings (SSSR count). The van der Waals surface area contributed by atoms with Gasteiger partial charge in [0.15, 0.2) is 6.10 Å². The first-order chi connectivity index (χ1) is 17.8. The van der Waals surface area contributed by atoms with Crippen molar-refractivity contribution in [3.05, 3.63) is 75.8 Å². The minimum atomic E-state index is -4.00. The summed E-state index contributed by atoms with van der Waals surface area (Å²) < 4.78 is 41.0. The van der Waals surface area contributed by atoms with E-state index in [2.05, 4.69) is 4.72 Å². The zero-order valence-electron chi connectivity index (χ0n) is 22.1. The summed E-state index contributed by atoms with van der Waals surface area (Å²) in [5.74, 6) is -0.345. The van der Waals surface area contributed by atoms with E-state index in [1.165, 1.54) is 12.1 Å². The summed E-state index contributed by atoms with van der Waals surface area (Å²) in [5.41, 5.74) is 3.61. The van der Waals surface area contributed by atoms with Crippen LogP contribution in [-0.2, 0) is 26.0 Å². The molecule has 0 aliphatic carbocycles. The number of sulfonamides is 1. The van der Waals surface area contributed by atoms with Crippen LogP contribution in [0.15, 0.2) is 53.4 Å². The second kappa shape index (κ2) is 10.6. The average Bonchev–Trinajstić information content (AvgIpc) is 2.83. The number of carboxylic acids is 1. The van der Waals surface area contributed by atoms with Crippen LogP contribution in [0.3, 0.4) is 0 Å². The van der Waals surface area contributed by atoms with E-state index in [-0.39, 0.29) is 15.6 Å². The Balaban J connectivity index is 1.93. The third-order valence-corrected chi connectivity index (χ3v) is 7.94. The van der Waals surface area contributed by atoms with Gasteiger partial charge in [0.25, 0.3) is 10.0 Å². The smallest absolute Gasteiger partial charge is 0.337 e. The molecular formula is C29H32ClNO6S. The zero-order valence-corrected chi connectivity index (χ0v) is 23.7. The van der Waals surface area contributed by atoms with Crippen LogP contribution in [0, 0.1) is 13.8 Å². The number of rotatable bonds is 7. The third-order valence-electron chi connectivity index (χ3n) is 6.34. The van der Waals surface area contributed by atoms with E-state index in [1.807, 2.05) is 25.1 Å². The summed E-state index contributed by atoms with van der Waals surface area (Å²) in [6.45, 7) is 9.56. The Morgan fingerprint density at radius 1 is 1.13 bits per heavy atom. The summed E-state index contributed by atoms with van der Waals surface area (Å²) in [7, 11) is -4.00. The first-order valence-corrected chi connectivity index (χ1v) is 14.2. The number of aryl methyl sites for hydroxylation is 2. The van der Waals surface area contributed by atoms with Gasteiger partial charge in [-0.25, -0.2) is 13.2 Å². The van der Waals surface area contributed by atoms with Crippen molar-refractivity contribution in [2.45, 2.75) is 64.1 Å². The van der Waals surface area contributed by atoms with Crippen molar-refractivity contribution in [2.75, 3.05) is 11.3 Å². The number of hydrogen-bond acceptors (Lipinski definition) is 5. The standard InChI is InChI=1S/C29H32ClNO6S/c1-17-14-23(31-38(34,35)22-10-6-9-21(30)16-22)18(2)26(27(28(32)33)37-29(3,4)5)25(17)20-11-12-24-19(15-20)8-7-13-36-24/h6,9-12,14-16,27,31H,7-8,13H2,1-5H3,(H,32,33).